The lowest BCUT2D eigenvalue weighted by atomic mass is 10.2. The lowest BCUT2D eigenvalue weighted by molar-refractivity contribution is 0.0988. The Labute approximate surface area is 172 Å². The molecule has 0 radical (unpaired) electrons. The maximum Gasteiger partial charge on any atom is 0.294 e. The number of aromatic nitrogens is 4. The van der Waals surface area contributed by atoms with Crippen molar-refractivity contribution in [2.45, 2.75) is 13.8 Å². The molecule has 3 heterocycles. The smallest absolute Gasteiger partial charge is 0.294 e. The van der Waals surface area contributed by atoms with Crippen molar-refractivity contribution in [3.8, 4) is 0 Å². The van der Waals surface area contributed by atoms with Gasteiger partial charge < -0.3 is 20.5 Å². The summed E-state index contributed by atoms with van der Waals surface area (Å²) >= 11 is 0. The van der Waals surface area contributed by atoms with Crippen LogP contribution < -0.4 is 16.0 Å². The number of pyridine rings is 1. The van der Waals surface area contributed by atoms with Crippen LogP contribution in [0.25, 0.3) is 0 Å². The molecule has 9 heteroatoms. The van der Waals surface area contributed by atoms with Crippen LogP contribution in [0.2, 0.25) is 0 Å². The minimum atomic E-state index is -0.361. The van der Waals surface area contributed by atoms with Crippen LogP contribution in [-0.4, -0.2) is 26.0 Å². The molecule has 0 bridgehead atoms. The molecule has 0 fully saturated rings. The highest BCUT2D eigenvalue weighted by Gasteiger charge is 2.10. The zero-order chi connectivity index (χ0) is 20.9. The topological polar surface area (TPSA) is 118 Å². The molecule has 0 saturated carbocycles. The van der Waals surface area contributed by atoms with E-state index in [1.165, 1.54) is 12.3 Å². The van der Waals surface area contributed by atoms with Crippen molar-refractivity contribution in [3.63, 3.8) is 0 Å². The van der Waals surface area contributed by atoms with Crippen molar-refractivity contribution < 1.29 is 9.32 Å². The molecular weight excluding hydrogens is 382 g/mol. The van der Waals surface area contributed by atoms with Crippen LogP contribution >= 0.6 is 0 Å². The molecule has 1 amide bonds. The first-order valence-corrected chi connectivity index (χ1v) is 9.20. The zero-order valence-corrected chi connectivity index (χ0v) is 16.4. The van der Waals surface area contributed by atoms with E-state index in [0.29, 0.717) is 29.0 Å². The first-order chi connectivity index (χ1) is 14.5. The van der Waals surface area contributed by atoms with Crippen LogP contribution in [-0.2, 0) is 0 Å². The second-order valence-corrected chi connectivity index (χ2v) is 6.56. The van der Waals surface area contributed by atoms with Gasteiger partial charge in [-0.2, -0.15) is 0 Å². The quantitative estimate of drug-likeness (QED) is 0.440. The van der Waals surface area contributed by atoms with E-state index in [1.54, 1.807) is 24.4 Å². The number of nitrogens with one attached hydrogen (secondary N) is 3. The van der Waals surface area contributed by atoms with Gasteiger partial charge in [-0.1, -0.05) is 5.16 Å². The molecule has 0 aliphatic carbocycles. The van der Waals surface area contributed by atoms with Crippen LogP contribution in [0.3, 0.4) is 0 Å². The molecule has 0 aliphatic heterocycles. The van der Waals surface area contributed by atoms with Gasteiger partial charge in [-0.25, -0.2) is 15.0 Å². The maximum absolute atomic E-state index is 12.0. The first kappa shape index (κ1) is 19.1. The number of benzene rings is 1. The van der Waals surface area contributed by atoms with E-state index in [0.717, 1.165) is 11.3 Å². The van der Waals surface area contributed by atoms with Gasteiger partial charge in [0.1, 0.15) is 23.3 Å². The SMILES string of the molecule is Cc1ccnc(Nc2cc(Nc3ccc(NC(=O)c4ccno4)cc3)nc(C)n2)c1. The molecule has 1 aromatic carbocycles. The molecule has 4 aromatic rings. The third-order valence-corrected chi connectivity index (χ3v) is 4.09. The highest BCUT2D eigenvalue weighted by molar-refractivity contribution is 6.02. The Morgan fingerprint density at radius 1 is 0.833 bits per heavy atom. The third kappa shape index (κ3) is 4.76. The molecule has 3 aromatic heterocycles. The van der Waals surface area contributed by atoms with Crippen molar-refractivity contribution in [2.24, 2.45) is 0 Å². The lowest BCUT2D eigenvalue weighted by Gasteiger charge is -2.11. The fourth-order valence-electron chi connectivity index (χ4n) is 2.74. The highest BCUT2D eigenvalue weighted by atomic mass is 16.5. The minimum Gasteiger partial charge on any atom is -0.351 e. The largest absolute Gasteiger partial charge is 0.351 e. The Bertz CT molecular complexity index is 1160. The average molecular weight is 401 g/mol. The number of hydrogen-bond acceptors (Lipinski definition) is 8. The molecule has 0 saturated heterocycles. The van der Waals surface area contributed by atoms with Gasteiger partial charge in [-0.3, -0.25) is 4.79 Å². The third-order valence-electron chi connectivity index (χ3n) is 4.09. The van der Waals surface area contributed by atoms with E-state index in [1.807, 2.05) is 38.1 Å². The fourth-order valence-corrected chi connectivity index (χ4v) is 2.74. The number of amides is 1. The van der Waals surface area contributed by atoms with Crippen LogP contribution in [0.4, 0.5) is 28.8 Å². The van der Waals surface area contributed by atoms with E-state index in [2.05, 4.69) is 36.1 Å². The Hall–Kier alpha value is -4.27. The summed E-state index contributed by atoms with van der Waals surface area (Å²) < 4.78 is 4.84. The monoisotopic (exact) mass is 401 g/mol. The number of carbonyl (C=O) groups is 1. The van der Waals surface area contributed by atoms with E-state index >= 15 is 0 Å². The lowest BCUT2D eigenvalue weighted by Crippen LogP contribution is -2.10. The molecule has 150 valence electrons. The molecule has 3 N–H and O–H groups in total. The maximum atomic E-state index is 12.0. The number of aryl methyl sites for hydroxylation is 2. The second kappa shape index (κ2) is 8.39. The molecule has 0 spiro atoms. The number of rotatable bonds is 6. The molecule has 0 aliphatic rings. The Balaban J connectivity index is 1.44. The van der Waals surface area contributed by atoms with Gasteiger partial charge in [0, 0.05) is 29.7 Å². The van der Waals surface area contributed by atoms with Gasteiger partial charge in [-0.05, 0) is 55.8 Å². The van der Waals surface area contributed by atoms with Crippen molar-refractivity contribution >= 4 is 34.7 Å². The molecule has 30 heavy (non-hydrogen) atoms. The summed E-state index contributed by atoms with van der Waals surface area (Å²) in [5, 5.41) is 12.7. The second-order valence-electron chi connectivity index (χ2n) is 6.56. The molecule has 0 atom stereocenters. The Morgan fingerprint density at radius 3 is 2.27 bits per heavy atom. The van der Waals surface area contributed by atoms with Gasteiger partial charge in [-0.15, -0.1) is 0 Å². The van der Waals surface area contributed by atoms with Crippen molar-refractivity contribution in [3.05, 3.63) is 78.1 Å². The molecular formula is C21H19N7O2. The van der Waals surface area contributed by atoms with E-state index < -0.39 is 0 Å². The van der Waals surface area contributed by atoms with Crippen molar-refractivity contribution in [1.29, 1.82) is 0 Å². The van der Waals surface area contributed by atoms with Gasteiger partial charge in [0.25, 0.3) is 5.91 Å². The summed E-state index contributed by atoms with van der Waals surface area (Å²) in [6.07, 6.45) is 3.16. The fraction of sp³-hybridized carbons (Fsp3) is 0.0952. The summed E-state index contributed by atoms with van der Waals surface area (Å²) in [5.41, 5.74) is 2.55. The van der Waals surface area contributed by atoms with Crippen molar-refractivity contribution in [2.75, 3.05) is 16.0 Å². The predicted molar refractivity (Wildman–Crippen MR) is 113 cm³/mol. The number of hydrogen-bond donors (Lipinski definition) is 3. The van der Waals surface area contributed by atoms with Crippen molar-refractivity contribution in [1.82, 2.24) is 20.1 Å². The van der Waals surface area contributed by atoms with Gasteiger partial charge >= 0.3 is 0 Å². The average Bonchev–Trinajstić information content (AvgIpc) is 3.24. The van der Waals surface area contributed by atoms with E-state index in [4.69, 9.17) is 4.52 Å². The molecule has 0 unspecified atom stereocenters. The summed E-state index contributed by atoms with van der Waals surface area (Å²) in [7, 11) is 0. The highest BCUT2D eigenvalue weighted by Crippen LogP contribution is 2.21. The molecule has 9 nitrogen and oxygen atoms in total. The van der Waals surface area contributed by atoms with Gasteiger partial charge in [0.05, 0.1) is 6.20 Å². The summed E-state index contributed by atoms with van der Waals surface area (Å²) in [6.45, 7) is 3.82. The zero-order valence-electron chi connectivity index (χ0n) is 16.4. The predicted octanol–water partition coefficient (Wildman–Crippen LogP) is 4.22. The number of nitrogens with zero attached hydrogens (tertiary/aromatic N) is 4. The normalized spacial score (nSPS) is 10.5. The van der Waals surface area contributed by atoms with Crippen LogP contribution in [0.5, 0.6) is 0 Å². The van der Waals surface area contributed by atoms with Crippen LogP contribution in [0, 0.1) is 13.8 Å². The summed E-state index contributed by atoms with van der Waals surface area (Å²) in [5.74, 6) is 2.39. The number of anilines is 5. The van der Waals surface area contributed by atoms with E-state index in [-0.39, 0.29) is 11.7 Å². The molecule has 4 rings (SSSR count). The number of carbonyl (C=O) groups excluding carboxylic acids is 1. The Morgan fingerprint density at radius 2 is 1.57 bits per heavy atom. The minimum absolute atomic E-state index is 0.150. The van der Waals surface area contributed by atoms with Crippen LogP contribution in [0.1, 0.15) is 21.9 Å². The standard InChI is InChI=1S/C21H19N7O2/c1-13-7-9-22-18(11-13)28-20-12-19(24-14(2)25-20)26-15-3-5-16(6-4-15)27-21(29)17-8-10-23-30-17/h3-12H,1-2H3,(H,27,29)(H2,22,24,25,26,28). The van der Waals surface area contributed by atoms with Gasteiger partial charge in [0.15, 0.2) is 0 Å². The van der Waals surface area contributed by atoms with Gasteiger partial charge in [0.2, 0.25) is 5.76 Å². The van der Waals surface area contributed by atoms with E-state index in [9.17, 15) is 4.79 Å². The summed E-state index contributed by atoms with van der Waals surface area (Å²) in [4.78, 5) is 25.1. The Kier molecular flexibility index (Phi) is 5.33. The first-order valence-electron chi connectivity index (χ1n) is 9.20. The summed E-state index contributed by atoms with van der Waals surface area (Å²) in [6, 6.07) is 14.4. The van der Waals surface area contributed by atoms with Crippen LogP contribution in [0.15, 0.2) is 65.4 Å².